The van der Waals surface area contributed by atoms with Gasteiger partial charge in [0.25, 0.3) is 6.01 Å². The summed E-state index contributed by atoms with van der Waals surface area (Å²) in [4.78, 5) is 4.11. The van der Waals surface area contributed by atoms with Crippen molar-refractivity contribution in [3.05, 3.63) is 29.5 Å². The van der Waals surface area contributed by atoms with Crippen LogP contribution in [0.3, 0.4) is 0 Å². The molecule has 0 aliphatic rings. The molecule has 0 aliphatic heterocycles. The van der Waals surface area contributed by atoms with Crippen molar-refractivity contribution in [3.8, 4) is 17.1 Å². The molecule has 1 aromatic heterocycles. The van der Waals surface area contributed by atoms with Crippen LogP contribution in [-0.4, -0.2) is 19.1 Å². The van der Waals surface area contributed by atoms with Gasteiger partial charge in [0.15, 0.2) is 5.76 Å². The number of anilines is 1. The predicted octanol–water partition coefficient (Wildman–Crippen LogP) is 3.01. The van der Waals surface area contributed by atoms with Gasteiger partial charge in [0.1, 0.15) is 5.75 Å². The monoisotopic (exact) mass is 232 g/mol. The molecule has 0 saturated heterocycles. The zero-order valence-electron chi connectivity index (χ0n) is 10.5. The van der Waals surface area contributed by atoms with Crippen LogP contribution in [0.25, 0.3) is 11.3 Å². The lowest BCUT2D eigenvalue weighted by Crippen LogP contribution is -1.92. The van der Waals surface area contributed by atoms with Gasteiger partial charge >= 0.3 is 0 Å². The third kappa shape index (κ3) is 2.11. The Balaban J connectivity index is 2.57. The first-order valence-electron chi connectivity index (χ1n) is 5.45. The van der Waals surface area contributed by atoms with Gasteiger partial charge in [0, 0.05) is 7.05 Å². The Labute approximate surface area is 101 Å². The molecule has 0 spiro atoms. The number of aromatic nitrogens is 1. The van der Waals surface area contributed by atoms with E-state index in [2.05, 4.69) is 16.4 Å². The van der Waals surface area contributed by atoms with Crippen LogP contribution in [0.5, 0.6) is 5.75 Å². The zero-order valence-corrected chi connectivity index (χ0v) is 10.5. The molecular weight excluding hydrogens is 216 g/mol. The minimum absolute atomic E-state index is 0.501. The van der Waals surface area contributed by atoms with Crippen LogP contribution in [0.1, 0.15) is 11.1 Å². The number of methoxy groups -OCH3 is 1. The fourth-order valence-corrected chi connectivity index (χ4v) is 1.92. The van der Waals surface area contributed by atoms with Gasteiger partial charge in [-0.05, 0) is 31.0 Å². The second kappa shape index (κ2) is 4.49. The number of nitrogens with one attached hydrogen (secondary N) is 1. The van der Waals surface area contributed by atoms with Gasteiger partial charge in [0.05, 0.1) is 18.9 Å². The Morgan fingerprint density at radius 3 is 2.65 bits per heavy atom. The predicted molar refractivity (Wildman–Crippen MR) is 67.5 cm³/mol. The molecule has 0 unspecified atom stereocenters. The van der Waals surface area contributed by atoms with Crippen molar-refractivity contribution in [2.75, 3.05) is 19.5 Å². The molecule has 4 nitrogen and oxygen atoms in total. The van der Waals surface area contributed by atoms with Gasteiger partial charge in [-0.2, -0.15) is 0 Å². The number of nitrogens with zero attached hydrogens (tertiary/aromatic N) is 1. The Hall–Kier alpha value is -1.97. The van der Waals surface area contributed by atoms with E-state index in [1.165, 1.54) is 5.56 Å². The molecule has 1 heterocycles. The van der Waals surface area contributed by atoms with E-state index in [1.54, 1.807) is 20.4 Å². The normalized spacial score (nSPS) is 10.4. The van der Waals surface area contributed by atoms with Crippen LogP contribution in [0, 0.1) is 13.8 Å². The molecule has 17 heavy (non-hydrogen) atoms. The second-order valence-electron chi connectivity index (χ2n) is 3.94. The molecule has 0 atom stereocenters. The molecule has 2 rings (SSSR count). The van der Waals surface area contributed by atoms with Crippen LogP contribution in [0.4, 0.5) is 6.01 Å². The molecule has 0 bridgehead atoms. The highest BCUT2D eigenvalue weighted by Crippen LogP contribution is 2.34. The summed E-state index contributed by atoms with van der Waals surface area (Å²) in [5.74, 6) is 1.53. The van der Waals surface area contributed by atoms with Crippen LogP contribution >= 0.6 is 0 Å². The van der Waals surface area contributed by atoms with Crippen molar-refractivity contribution in [1.82, 2.24) is 4.98 Å². The van der Waals surface area contributed by atoms with E-state index in [0.29, 0.717) is 11.8 Å². The quantitative estimate of drug-likeness (QED) is 0.883. The van der Waals surface area contributed by atoms with E-state index in [-0.39, 0.29) is 0 Å². The average molecular weight is 232 g/mol. The maximum absolute atomic E-state index is 5.57. The number of rotatable bonds is 3. The summed E-state index contributed by atoms with van der Waals surface area (Å²) in [6.07, 6.45) is 1.70. The molecule has 4 heteroatoms. The van der Waals surface area contributed by atoms with Crippen LogP contribution in [0.2, 0.25) is 0 Å². The molecule has 1 N–H and O–H groups in total. The SMILES string of the molecule is CNc1ncc(-c2cc(C)cc(C)c2OC)o1. The lowest BCUT2D eigenvalue weighted by Gasteiger charge is -2.10. The van der Waals surface area contributed by atoms with E-state index in [9.17, 15) is 0 Å². The fourth-order valence-electron chi connectivity index (χ4n) is 1.92. The van der Waals surface area contributed by atoms with Crippen molar-refractivity contribution >= 4 is 6.01 Å². The third-order valence-corrected chi connectivity index (χ3v) is 2.61. The van der Waals surface area contributed by atoms with Crippen molar-refractivity contribution in [1.29, 1.82) is 0 Å². The van der Waals surface area contributed by atoms with Crippen LogP contribution in [-0.2, 0) is 0 Å². The summed E-state index contributed by atoms with van der Waals surface area (Å²) in [5.41, 5.74) is 3.18. The molecule has 2 aromatic rings. The minimum Gasteiger partial charge on any atom is -0.496 e. The van der Waals surface area contributed by atoms with Gasteiger partial charge < -0.3 is 14.5 Å². The lowest BCUT2D eigenvalue weighted by atomic mass is 10.0. The Morgan fingerprint density at radius 1 is 1.29 bits per heavy atom. The molecule has 0 saturated carbocycles. The van der Waals surface area contributed by atoms with Gasteiger partial charge in [-0.1, -0.05) is 6.07 Å². The van der Waals surface area contributed by atoms with E-state index in [1.807, 2.05) is 19.9 Å². The smallest absolute Gasteiger partial charge is 0.294 e. The number of hydrogen-bond acceptors (Lipinski definition) is 4. The average Bonchev–Trinajstić information content (AvgIpc) is 2.76. The van der Waals surface area contributed by atoms with E-state index in [0.717, 1.165) is 16.9 Å². The standard InChI is InChI=1S/C13H16N2O2/c1-8-5-9(2)12(16-4)10(6-8)11-7-15-13(14-3)17-11/h5-7H,1-4H3,(H,14,15). The third-order valence-electron chi connectivity index (χ3n) is 2.61. The molecule has 1 aromatic carbocycles. The number of benzene rings is 1. The highest BCUT2D eigenvalue weighted by molar-refractivity contribution is 5.69. The first-order valence-corrected chi connectivity index (χ1v) is 5.45. The van der Waals surface area contributed by atoms with Crippen molar-refractivity contribution < 1.29 is 9.15 Å². The van der Waals surface area contributed by atoms with Gasteiger partial charge in [-0.25, -0.2) is 4.98 Å². The van der Waals surface area contributed by atoms with E-state index >= 15 is 0 Å². The second-order valence-corrected chi connectivity index (χ2v) is 3.94. The maximum atomic E-state index is 5.57. The molecule has 0 aliphatic carbocycles. The molecular formula is C13H16N2O2. The highest BCUT2D eigenvalue weighted by Gasteiger charge is 2.13. The molecule has 90 valence electrons. The van der Waals surface area contributed by atoms with Crippen LogP contribution in [0.15, 0.2) is 22.7 Å². The van der Waals surface area contributed by atoms with Crippen molar-refractivity contribution in [2.45, 2.75) is 13.8 Å². The summed E-state index contributed by atoms with van der Waals surface area (Å²) in [7, 11) is 3.44. The summed E-state index contributed by atoms with van der Waals surface area (Å²) in [6.45, 7) is 4.07. The van der Waals surface area contributed by atoms with Crippen molar-refractivity contribution in [3.63, 3.8) is 0 Å². The van der Waals surface area contributed by atoms with Crippen LogP contribution < -0.4 is 10.1 Å². The first-order chi connectivity index (χ1) is 8.15. The Kier molecular flexibility index (Phi) is 3.04. The fraction of sp³-hybridized carbons (Fsp3) is 0.308. The van der Waals surface area contributed by atoms with E-state index in [4.69, 9.17) is 9.15 Å². The number of ether oxygens (including phenoxy) is 1. The molecule has 0 amide bonds. The van der Waals surface area contributed by atoms with E-state index < -0.39 is 0 Å². The summed E-state index contributed by atoms with van der Waals surface area (Å²) < 4.78 is 11.0. The summed E-state index contributed by atoms with van der Waals surface area (Å²) in [6, 6.07) is 4.62. The largest absolute Gasteiger partial charge is 0.496 e. The summed E-state index contributed by atoms with van der Waals surface area (Å²) >= 11 is 0. The van der Waals surface area contributed by atoms with Gasteiger partial charge in [-0.15, -0.1) is 0 Å². The first kappa shape index (κ1) is 11.5. The number of aryl methyl sites for hydroxylation is 2. The lowest BCUT2D eigenvalue weighted by molar-refractivity contribution is 0.411. The Bertz CT molecular complexity index is 532. The number of oxazole rings is 1. The highest BCUT2D eigenvalue weighted by atomic mass is 16.5. The van der Waals surface area contributed by atoms with Crippen molar-refractivity contribution in [2.24, 2.45) is 0 Å². The van der Waals surface area contributed by atoms with Gasteiger partial charge in [-0.3, -0.25) is 0 Å². The molecule has 0 fully saturated rings. The number of hydrogen-bond donors (Lipinski definition) is 1. The Morgan fingerprint density at radius 2 is 2.06 bits per heavy atom. The zero-order chi connectivity index (χ0) is 12.4. The molecule has 0 radical (unpaired) electrons. The summed E-state index contributed by atoms with van der Waals surface area (Å²) in [5, 5.41) is 2.87. The minimum atomic E-state index is 0.501. The topological polar surface area (TPSA) is 47.3 Å². The van der Waals surface area contributed by atoms with Gasteiger partial charge in [0.2, 0.25) is 0 Å². The maximum Gasteiger partial charge on any atom is 0.294 e.